The molecule has 1 fully saturated rings. The molecule has 1 saturated carbocycles. The summed E-state index contributed by atoms with van der Waals surface area (Å²) < 4.78 is 0. The van der Waals surface area contributed by atoms with Gasteiger partial charge in [0.25, 0.3) is 0 Å². The van der Waals surface area contributed by atoms with Gasteiger partial charge in [0.15, 0.2) is 0 Å². The van der Waals surface area contributed by atoms with E-state index in [9.17, 15) is 0 Å². The monoisotopic (exact) mass is 202 g/mol. The van der Waals surface area contributed by atoms with Gasteiger partial charge in [0.2, 0.25) is 0 Å². The summed E-state index contributed by atoms with van der Waals surface area (Å²) in [4.78, 5) is 0. The van der Waals surface area contributed by atoms with Crippen LogP contribution in [0.1, 0.15) is 52.9 Å². The van der Waals surface area contributed by atoms with Crippen molar-refractivity contribution in [1.29, 1.82) is 0 Å². The van der Waals surface area contributed by atoms with Crippen LogP contribution in [0.5, 0.6) is 0 Å². The highest BCUT2D eigenvalue weighted by Crippen LogP contribution is 2.37. The number of halogens is 1. The SMILES string of the molecule is CC(C)(C)C(CCl)CC1CCCC1. The number of alkyl halides is 1. The average Bonchev–Trinajstić information content (AvgIpc) is 2.49. The third-order valence-corrected chi connectivity index (χ3v) is 3.88. The van der Waals surface area contributed by atoms with Crippen LogP contribution in [0, 0.1) is 17.3 Å². The van der Waals surface area contributed by atoms with Crippen molar-refractivity contribution in [3.05, 3.63) is 0 Å². The highest BCUT2D eigenvalue weighted by molar-refractivity contribution is 6.18. The fraction of sp³-hybridized carbons (Fsp3) is 1.00. The van der Waals surface area contributed by atoms with Crippen molar-refractivity contribution in [3.63, 3.8) is 0 Å². The molecule has 0 nitrogen and oxygen atoms in total. The van der Waals surface area contributed by atoms with Crippen LogP contribution < -0.4 is 0 Å². The number of hydrogen-bond donors (Lipinski definition) is 0. The summed E-state index contributed by atoms with van der Waals surface area (Å²) in [6, 6.07) is 0. The summed E-state index contributed by atoms with van der Waals surface area (Å²) in [5.41, 5.74) is 0.393. The maximum absolute atomic E-state index is 6.03. The minimum atomic E-state index is 0.393. The molecule has 0 N–H and O–H groups in total. The molecule has 0 aromatic rings. The Kier molecular flexibility index (Phi) is 4.09. The predicted molar refractivity (Wildman–Crippen MR) is 60.2 cm³/mol. The summed E-state index contributed by atoms with van der Waals surface area (Å²) in [5, 5.41) is 0. The van der Waals surface area contributed by atoms with E-state index in [-0.39, 0.29) is 0 Å². The molecule has 1 aliphatic carbocycles. The van der Waals surface area contributed by atoms with Gasteiger partial charge < -0.3 is 0 Å². The Morgan fingerprint density at radius 2 is 1.77 bits per heavy atom. The molecule has 0 bridgehead atoms. The van der Waals surface area contributed by atoms with E-state index >= 15 is 0 Å². The lowest BCUT2D eigenvalue weighted by Gasteiger charge is -2.31. The standard InChI is InChI=1S/C12H23Cl/c1-12(2,3)11(9-13)8-10-6-4-5-7-10/h10-11H,4-9H2,1-3H3. The Hall–Kier alpha value is 0.290. The van der Waals surface area contributed by atoms with Crippen molar-refractivity contribution >= 4 is 11.6 Å². The van der Waals surface area contributed by atoms with Crippen molar-refractivity contribution in [3.8, 4) is 0 Å². The van der Waals surface area contributed by atoms with Crippen LogP contribution in [0.25, 0.3) is 0 Å². The van der Waals surface area contributed by atoms with E-state index in [1.807, 2.05) is 0 Å². The van der Waals surface area contributed by atoms with Crippen molar-refractivity contribution in [2.75, 3.05) is 5.88 Å². The van der Waals surface area contributed by atoms with Gasteiger partial charge >= 0.3 is 0 Å². The zero-order valence-corrected chi connectivity index (χ0v) is 10.0. The van der Waals surface area contributed by atoms with Crippen LogP contribution in [0.3, 0.4) is 0 Å². The quantitative estimate of drug-likeness (QED) is 0.593. The number of hydrogen-bond acceptors (Lipinski definition) is 0. The fourth-order valence-corrected chi connectivity index (χ4v) is 2.89. The number of rotatable bonds is 3. The second-order valence-electron chi connectivity index (χ2n) is 5.60. The molecule has 0 amide bonds. The topological polar surface area (TPSA) is 0 Å². The van der Waals surface area contributed by atoms with Gasteiger partial charge in [-0.3, -0.25) is 0 Å². The molecule has 1 heteroatoms. The molecule has 0 spiro atoms. The minimum Gasteiger partial charge on any atom is -0.126 e. The third-order valence-electron chi connectivity index (χ3n) is 3.50. The van der Waals surface area contributed by atoms with Gasteiger partial charge in [-0.25, -0.2) is 0 Å². The van der Waals surface area contributed by atoms with E-state index in [0.717, 1.165) is 11.8 Å². The largest absolute Gasteiger partial charge is 0.126 e. The molecular formula is C12H23Cl. The molecule has 1 rings (SSSR count). The van der Waals surface area contributed by atoms with Gasteiger partial charge in [-0.2, -0.15) is 0 Å². The first-order valence-corrected chi connectivity index (χ1v) is 6.13. The van der Waals surface area contributed by atoms with Crippen molar-refractivity contribution < 1.29 is 0 Å². The van der Waals surface area contributed by atoms with Crippen molar-refractivity contribution in [2.24, 2.45) is 17.3 Å². The Balaban J connectivity index is 2.39. The molecule has 1 atom stereocenters. The molecule has 13 heavy (non-hydrogen) atoms. The predicted octanol–water partition coefficient (Wildman–Crippen LogP) is 4.47. The summed E-state index contributed by atoms with van der Waals surface area (Å²) in [6.45, 7) is 6.94. The van der Waals surface area contributed by atoms with Crippen LogP contribution in [-0.2, 0) is 0 Å². The summed E-state index contributed by atoms with van der Waals surface area (Å²) in [6.07, 6.45) is 7.15. The first-order chi connectivity index (χ1) is 6.04. The van der Waals surface area contributed by atoms with Crippen LogP contribution in [0.15, 0.2) is 0 Å². The van der Waals surface area contributed by atoms with Gasteiger partial charge in [-0.15, -0.1) is 11.6 Å². The molecule has 0 aromatic carbocycles. The normalized spacial score (nSPS) is 22.2. The second kappa shape index (κ2) is 4.68. The Bertz CT molecular complexity index is 140. The minimum absolute atomic E-state index is 0.393. The second-order valence-corrected chi connectivity index (χ2v) is 5.91. The van der Waals surface area contributed by atoms with E-state index in [1.165, 1.54) is 32.1 Å². The molecule has 0 heterocycles. The van der Waals surface area contributed by atoms with Crippen LogP contribution in [0.2, 0.25) is 0 Å². The molecule has 0 aromatic heterocycles. The maximum atomic E-state index is 6.03. The molecule has 78 valence electrons. The average molecular weight is 203 g/mol. The van der Waals surface area contributed by atoms with Crippen LogP contribution >= 0.6 is 11.6 Å². The molecule has 1 unspecified atom stereocenters. The first kappa shape index (κ1) is 11.4. The Labute approximate surface area is 88.1 Å². The van der Waals surface area contributed by atoms with Crippen LogP contribution in [0.4, 0.5) is 0 Å². The van der Waals surface area contributed by atoms with E-state index in [4.69, 9.17) is 11.6 Å². The lowest BCUT2D eigenvalue weighted by molar-refractivity contribution is 0.218. The lowest BCUT2D eigenvalue weighted by atomic mass is 9.76. The zero-order valence-electron chi connectivity index (χ0n) is 9.28. The van der Waals surface area contributed by atoms with Gasteiger partial charge in [-0.1, -0.05) is 46.5 Å². The van der Waals surface area contributed by atoms with Crippen molar-refractivity contribution in [2.45, 2.75) is 52.9 Å². The van der Waals surface area contributed by atoms with Gasteiger partial charge in [-0.05, 0) is 23.7 Å². The molecule has 0 aliphatic heterocycles. The summed E-state index contributed by atoms with van der Waals surface area (Å²) >= 11 is 6.03. The van der Waals surface area contributed by atoms with Crippen LogP contribution in [-0.4, -0.2) is 5.88 Å². The highest BCUT2D eigenvalue weighted by atomic mass is 35.5. The fourth-order valence-electron chi connectivity index (χ4n) is 2.30. The summed E-state index contributed by atoms with van der Waals surface area (Å²) in [7, 11) is 0. The van der Waals surface area contributed by atoms with Gasteiger partial charge in [0.1, 0.15) is 0 Å². The van der Waals surface area contributed by atoms with Gasteiger partial charge in [0.05, 0.1) is 0 Å². The van der Waals surface area contributed by atoms with Crippen molar-refractivity contribution in [1.82, 2.24) is 0 Å². The molecule has 0 saturated heterocycles. The smallest absolute Gasteiger partial charge is 0.0256 e. The first-order valence-electron chi connectivity index (χ1n) is 5.60. The van der Waals surface area contributed by atoms with E-state index < -0.39 is 0 Å². The van der Waals surface area contributed by atoms with Gasteiger partial charge in [0, 0.05) is 5.88 Å². The lowest BCUT2D eigenvalue weighted by Crippen LogP contribution is -2.24. The molecular weight excluding hydrogens is 180 g/mol. The van der Waals surface area contributed by atoms with E-state index in [1.54, 1.807) is 0 Å². The Morgan fingerprint density at radius 3 is 2.15 bits per heavy atom. The third kappa shape index (κ3) is 3.50. The Morgan fingerprint density at radius 1 is 1.23 bits per heavy atom. The molecule has 1 aliphatic rings. The van der Waals surface area contributed by atoms with E-state index in [0.29, 0.717) is 11.3 Å². The summed E-state index contributed by atoms with van der Waals surface area (Å²) in [5.74, 6) is 2.51. The highest BCUT2D eigenvalue weighted by Gasteiger charge is 2.27. The maximum Gasteiger partial charge on any atom is 0.0256 e. The zero-order chi connectivity index (χ0) is 9.90. The molecule has 0 radical (unpaired) electrons. The van der Waals surface area contributed by atoms with E-state index in [2.05, 4.69) is 20.8 Å².